The summed E-state index contributed by atoms with van der Waals surface area (Å²) in [6.07, 6.45) is 1.09. The summed E-state index contributed by atoms with van der Waals surface area (Å²) in [5, 5.41) is 3.39. The Morgan fingerprint density at radius 3 is 2.31 bits per heavy atom. The van der Waals surface area contributed by atoms with Gasteiger partial charge in [0, 0.05) is 29.0 Å². The van der Waals surface area contributed by atoms with Gasteiger partial charge in [-0.1, -0.05) is 78.9 Å². The van der Waals surface area contributed by atoms with Crippen molar-refractivity contribution in [1.29, 1.82) is 0 Å². The second-order valence-corrected chi connectivity index (χ2v) is 9.23. The molecule has 2 atom stereocenters. The highest BCUT2D eigenvalue weighted by molar-refractivity contribution is 6.04. The lowest BCUT2D eigenvalue weighted by molar-refractivity contribution is -0.136. The molecule has 5 heteroatoms. The van der Waals surface area contributed by atoms with Crippen LogP contribution in [0.3, 0.4) is 0 Å². The van der Waals surface area contributed by atoms with Crippen LogP contribution in [-0.2, 0) is 20.9 Å². The molecule has 0 saturated heterocycles. The Bertz CT molecular complexity index is 1340. The molecule has 2 aliphatic rings. The van der Waals surface area contributed by atoms with E-state index in [2.05, 4.69) is 17.4 Å². The fourth-order valence-corrected chi connectivity index (χ4v) is 5.28. The minimum Gasteiger partial charge on any atom is -0.489 e. The molecule has 5 rings (SSSR count). The van der Waals surface area contributed by atoms with E-state index in [-0.39, 0.29) is 11.7 Å². The lowest BCUT2D eigenvalue weighted by Crippen LogP contribution is -2.36. The summed E-state index contributed by atoms with van der Waals surface area (Å²) in [6.45, 7) is 2.25. The number of para-hydroxylation sites is 1. The maximum Gasteiger partial charge on any atom is 0.336 e. The van der Waals surface area contributed by atoms with Crippen molar-refractivity contribution < 1.29 is 19.1 Å². The van der Waals surface area contributed by atoms with E-state index in [1.54, 1.807) is 0 Å². The van der Waals surface area contributed by atoms with Gasteiger partial charge >= 0.3 is 5.97 Å². The first-order chi connectivity index (χ1) is 17.6. The zero-order valence-electron chi connectivity index (χ0n) is 20.5. The number of dihydropyridines is 1. The fourth-order valence-electron chi connectivity index (χ4n) is 5.28. The van der Waals surface area contributed by atoms with Gasteiger partial charge < -0.3 is 14.8 Å². The largest absolute Gasteiger partial charge is 0.489 e. The van der Waals surface area contributed by atoms with Crippen LogP contribution in [-0.4, -0.2) is 18.9 Å². The third-order valence-corrected chi connectivity index (χ3v) is 6.97. The smallest absolute Gasteiger partial charge is 0.336 e. The van der Waals surface area contributed by atoms with Crippen molar-refractivity contribution in [3.63, 3.8) is 0 Å². The van der Waals surface area contributed by atoms with Crippen LogP contribution in [0.4, 0.5) is 0 Å². The maximum atomic E-state index is 13.7. The molecule has 0 unspecified atom stereocenters. The summed E-state index contributed by atoms with van der Waals surface area (Å²) >= 11 is 0. The zero-order valence-corrected chi connectivity index (χ0v) is 20.5. The molecule has 0 aromatic heterocycles. The van der Waals surface area contributed by atoms with Gasteiger partial charge in [-0.3, -0.25) is 4.79 Å². The number of nitrogens with one attached hydrogen (secondary N) is 1. The van der Waals surface area contributed by atoms with Crippen molar-refractivity contribution >= 4 is 11.8 Å². The van der Waals surface area contributed by atoms with Crippen molar-refractivity contribution in [3.8, 4) is 5.75 Å². The molecule has 1 aliphatic carbocycles. The average Bonchev–Trinajstić information content (AvgIpc) is 2.92. The van der Waals surface area contributed by atoms with Gasteiger partial charge in [-0.15, -0.1) is 0 Å². The number of Topliss-reactive ketones (excluding diaryl/α,β-unsaturated/α-hetero) is 1. The Labute approximate surface area is 211 Å². The SMILES string of the molecule is COC(=O)C1=C(C)NC2=C(C(=O)C[C@@H](c3ccccc3)C2)[C@@H]1c1ccccc1OCc1ccccc1. The standard InChI is InChI=1S/C31H29NO4/c1-20-28(31(34)35-2)29(24-15-9-10-16-27(24)36-19-21-11-5-3-6-12-21)30-25(32-20)17-23(18-26(30)33)22-13-7-4-8-14-22/h3-16,23,29,32H,17-19H2,1-2H3/t23-,29+/m0/s1. The summed E-state index contributed by atoms with van der Waals surface area (Å²) in [5.74, 6) is -0.249. The van der Waals surface area contributed by atoms with E-state index in [4.69, 9.17) is 9.47 Å². The Hall–Kier alpha value is -4.12. The Morgan fingerprint density at radius 1 is 0.917 bits per heavy atom. The molecular weight excluding hydrogens is 450 g/mol. The summed E-state index contributed by atoms with van der Waals surface area (Å²) in [5.41, 5.74) is 5.61. The van der Waals surface area contributed by atoms with E-state index in [0.29, 0.717) is 42.0 Å². The van der Waals surface area contributed by atoms with E-state index in [0.717, 1.165) is 22.4 Å². The Balaban J connectivity index is 1.57. The Kier molecular flexibility index (Phi) is 6.72. The van der Waals surface area contributed by atoms with Crippen LogP contribution >= 0.6 is 0 Å². The maximum absolute atomic E-state index is 13.7. The first-order valence-corrected chi connectivity index (χ1v) is 12.2. The van der Waals surface area contributed by atoms with Crippen molar-refractivity contribution in [1.82, 2.24) is 5.32 Å². The van der Waals surface area contributed by atoms with E-state index < -0.39 is 11.9 Å². The quantitative estimate of drug-likeness (QED) is 0.453. The molecule has 3 aromatic rings. The molecule has 0 radical (unpaired) electrons. The molecule has 0 bridgehead atoms. The first-order valence-electron chi connectivity index (χ1n) is 12.2. The predicted octanol–water partition coefficient (Wildman–Crippen LogP) is 5.80. The van der Waals surface area contributed by atoms with Crippen LogP contribution in [0.1, 0.15) is 48.3 Å². The molecule has 182 valence electrons. The van der Waals surface area contributed by atoms with E-state index in [9.17, 15) is 9.59 Å². The summed E-state index contributed by atoms with van der Waals surface area (Å²) in [4.78, 5) is 26.8. The van der Waals surface area contributed by atoms with Crippen LogP contribution in [0.15, 0.2) is 107 Å². The second kappa shape index (κ2) is 10.2. The lowest BCUT2D eigenvalue weighted by Gasteiger charge is -2.37. The number of allylic oxidation sites excluding steroid dienone is 3. The minimum atomic E-state index is -0.565. The van der Waals surface area contributed by atoms with Gasteiger partial charge in [-0.05, 0) is 36.5 Å². The Morgan fingerprint density at radius 2 is 1.58 bits per heavy atom. The van der Waals surface area contributed by atoms with Gasteiger partial charge in [0.05, 0.1) is 18.6 Å². The molecule has 0 saturated carbocycles. The number of hydrogen-bond acceptors (Lipinski definition) is 5. The molecular formula is C31H29NO4. The third kappa shape index (κ3) is 4.57. The molecule has 1 aliphatic heterocycles. The number of benzene rings is 3. The van der Waals surface area contributed by atoms with Crippen LogP contribution in [0.2, 0.25) is 0 Å². The normalized spacial score (nSPS) is 19.4. The molecule has 0 amide bonds. The van der Waals surface area contributed by atoms with Gasteiger partial charge in [0.1, 0.15) is 12.4 Å². The minimum absolute atomic E-state index is 0.0365. The van der Waals surface area contributed by atoms with Crippen LogP contribution in [0, 0.1) is 0 Å². The van der Waals surface area contributed by atoms with Gasteiger partial charge in [0.2, 0.25) is 0 Å². The fraction of sp³-hybridized carbons (Fsp3) is 0.226. The highest BCUT2D eigenvalue weighted by Gasteiger charge is 2.42. The second-order valence-electron chi connectivity index (χ2n) is 9.23. The molecule has 3 aromatic carbocycles. The number of methoxy groups -OCH3 is 1. The van der Waals surface area contributed by atoms with Crippen molar-refractivity contribution in [2.45, 2.75) is 38.2 Å². The van der Waals surface area contributed by atoms with Crippen LogP contribution < -0.4 is 10.1 Å². The monoisotopic (exact) mass is 479 g/mol. The number of esters is 1. The predicted molar refractivity (Wildman–Crippen MR) is 138 cm³/mol. The van der Waals surface area contributed by atoms with E-state index in [1.807, 2.05) is 79.7 Å². The first kappa shape index (κ1) is 23.6. The number of ketones is 1. The van der Waals surface area contributed by atoms with E-state index in [1.165, 1.54) is 7.11 Å². The average molecular weight is 480 g/mol. The highest BCUT2D eigenvalue weighted by atomic mass is 16.5. The van der Waals surface area contributed by atoms with Crippen molar-refractivity contribution in [2.24, 2.45) is 0 Å². The van der Waals surface area contributed by atoms with Gasteiger partial charge in [0.25, 0.3) is 0 Å². The molecule has 0 spiro atoms. The van der Waals surface area contributed by atoms with Gasteiger partial charge in [0.15, 0.2) is 5.78 Å². The molecule has 5 nitrogen and oxygen atoms in total. The summed E-state index contributed by atoms with van der Waals surface area (Å²) < 4.78 is 11.4. The molecule has 36 heavy (non-hydrogen) atoms. The van der Waals surface area contributed by atoms with Gasteiger partial charge in [-0.2, -0.15) is 0 Å². The topological polar surface area (TPSA) is 64.6 Å². The summed E-state index contributed by atoms with van der Waals surface area (Å²) in [6, 6.07) is 27.7. The zero-order chi connectivity index (χ0) is 25.1. The lowest BCUT2D eigenvalue weighted by atomic mass is 9.71. The number of hydrogen-bond donors (Lipinski definition) is 1. The van der Waals surface area contributed by atoms with Crippen LogP contribution in [0.25, 0.3) is 0 Å². The van der Waals surface area contributed by atoms with E-state index >= 15 is 0 Å². The number of rotatable bonds is 6. The number of carbonyl (C=O) groups excluding carboxylic acids is 2. The molecule has 1 heterocycles. The molecule has 0 fully saturated rings. The van der Waals surface area contributed by atoms with Crippen LogP contribution in [0.5, 0.6) is 5.75 Å². The third-order valence-electron chi connectivity index (χ3n) is 6.97. The molecule has 1 N–H and O–H groups in total. The summed E-state index contributed by atoms with van der Waals surface area (Å²) in [7, 11) is 1.37. The number of carbonyl (C=O) groups is 2. The highest BCUT2D eigenvalue weighted by Crippen LogP contribution is 2.47. The van der Waals surface area contributed by atoms with Crippen molar-refractivity contribution in [3.05, 3.63) is 124 Å². The number of ether oxygens (including phenoxy) is 2. The van der Waals surface area contributed by atoms with Gasteiger partial charge in [-0.25, -0.2) is 4.79 Å². The van der Waals surface area contributed by atoms with Crippen molar-refractivity contribution in [2.75, 3.05) is 7.11 Å².